The van der Waals surface area contributed by atoms with E-state index in [1.165, 1.54) is 12.8 Å². The molecule has 3 unspecified atom stereocenters. The predicted octanol–water partition coefficient (Wildman–Crippen LogP) is 7.39. The van der Waals surface area contributed by atoms with Crippen molar-refractivity contribution in [2.24, 2.45) is 5.92 Å². The van der Waals surface area contributed by atoms with Gasteiger partial charge < -0.3 is 20.3 Å². The lowest BCUT2D eigenvalue weighted by atomic mass is 9.94. The van der Waals surface area contributed by atoms with Crippen LogP contribution in [0.5, 0.6) is 0 Å². The fourth-order valence-corrected chi connectivity index (χ4v) is 4.57. The van der Waals surface area contributed by atoms with Crippen LogP contribution in [-0.2, 0) is 14.3 Å². The Morgan fingerprint density at radius 3 is 2.02 bits per heavy atom. The van der Waals surface area contributed by atoms with Crippen molar-refractivity contribution in [3.63, 3.8) is 0 Å². The molecule has 3 amide bonds. The molecule has 7 heteroatoms. The lowest BCUT2D eigenvalue weighted by molar-refractivity contribution is -0.144. The Morgan fingerprint density at radius 2 is 1.50 bits per heavy atom. The predicted molar refractivity (Wildman–Crippen MR) is 164 cm³/mol. The standard InChI is InChI=1S/C33H57N3O4/c1-12-14-15-16-17-18-21-36(30(38)27(23(3)13-2)34-31(39)40-33(9,10)11)28(29(37)35-32(6,7)8)26-20-19-24(4)25(5)22-26/h19-20,22-23,27-28H,12-18,21H2,1-11H3,(H,34,39)(H,35,37). The van der Waals surface area contributed by atoms with Crippen LogP contribution in [0.2, 0.25) is 0 Å². The normalized spacial score (nSPS) is 14.2. The molecule has 0 aromatic heterocycles. The molecule has 228 valence electrons. The molecular weight excluding hydrogens is 502 g/mol. The van der Waals surface area contributed by atoms with Crippen molar-refractivity contribution in [2.45, 2.75) is 144 Å². The molecule has 0 fully saturated rings. The number of hydrogen-bond acceptors (Lipinski definition) is 4. The summed E-state index contributed by atoms with van der Waals surface area (Å²) in [4.78, 5) is 42.9. The number of ether oxygens (including phenoxy) is 1. The van der Waals surface area contributed by atoms with Gasteiger partial charge in [-0.3, -0.25) is 9.59 Å². The minimum absolute atomic E-state index is 0.154. The quantitative estimate of drug-likeness (QED) is 0.233. The van der Waals surface area contributed by atoms with Gasteiger partial charge in [0, 0.05) is 12.1 Å². The summed E-state index contributed by atoms with van der Waals surface area (Å²) in [5.74, 6) is -0.644. The average Bonchev–Trinajstić information content (AvgIpc) is 2.82. The Bertz CT molecular complexity index is 961. The second kappa shape index (κ2) is 16.0. The summed E-state index contributed by atoms with van der Waals surface area (Å²) in [6.07, 6.45) is 6.40. The zero-order valence-corrected chi connectivity index (χ0v) is 27.2. The maximum Gasteiger partial charge on any atom is 0.408 e. The van der Waals surface area contributed by atoms with Crippen molar-refractivity contribution >= 4 is 17.9 Å². The van der Waals surface area contributed by atoms with Gasteiger partial charge in [0.2, 0.25) is 11.8 Å². The number of aryl methyl sites for hydroxylation is 2. The van der Waals surface area contributed by atoms with E-state index < -0.39 is 29.3 Å². The number of hydrogen-bond donors (Lipinski definition) is 2. The zero-order valence-electron chi connectivity index (χ0n) is 27.2. The summed E-state index contributed by atoms with van der Waals surface area (Å²) < 4.78 is 5.52. The number of rotatable bonds is 14. The van der Waals surface area contributed by atoms with E-state index in [1.807, 2.05) is 66.7 Å². The van der Waals surface area contributed by atoms with Crippen LogP contribution in [0, 0.1) is 19.8 Å². The van der Waals surface area contributed by atoms with E-state index >= 15 is 0 Å². The molecule has 0 heterocycles. The topological polar surface area (TPSA) is 87.7 Å². The Labute approximate surface area is 244 Å². The SMILES string of the molecule is CCCCCCCCN(C(=O)C(NC(=O)OC(C)(C)C)C(C)CC)C(C(=O)NC(C)(C)C)c1ccc(C)c(C)c1. The van der Waals surface area contributed by atoms with Crippen LogP contribution in [0.4, 0.5) is 4.79 Å². The summed E-state index contributed by atoms with van der Waals surface area (Å²) in [5, 5.41) is 5.97. The molecule has 0 aliphatic rings. The second-order valence-corrected chi connectivity index (χ2v) is 13.3. The molecule has 1 rings (SSSR count). The monoisotopic (exact) mass is 559 g/mol. The van der Waals surface area contributed by atoms with E-state index in [9.17, 15) is 14.4 Å². The first-order chi connectivity index (χ1) is 18.5. The van der Waals surface area contributed by atoms with Crippen molar-refractivity contribution in [1.29, 1.82) is 0 Å². The Hall–Kier alpha value is -2.57. The number of unbranched alkanes of at least 4 members (excludes halogenated alkanes) is 5. The third kappa shape index (κ3) is 12.3. The van der Waals surface area contributed by atoms with Gasteiger partial charge in [-0.05, 0) is 84.4 Å². The smallest absolute Gasteiger partial charge is 0.408 e. The maximum absolute atomic E-state index is 14.4. The summed E-state index contributed by atoms with van der Waals surface area (Å²) >= 11 is 0. The van der Waals surface area contributed by atoms with Crippen LogP contribution in [-0.4, -0.2) is 46.5 Å². The highest BCUT2D eigenvalue weighted by Crippen LogP contribution is 2.28. The highest BCUT2D eigenvalue weighted by molar-refractivity contribution is 5.92. The molecule has 3 atom stereocenters. The minimum atomic E-state index is -0.825. The van der Waals surface area contributed by atoms with Crippen LogP contribution in [0.25, 0.3) is 0 Å². The minimum Gasteiger partial charge on any atom is -0.444 e. The first-order valence-corrected chi connectivity index (χ1v) is 15.2. The van der Waals surface area contributed by atoms with E-state index in [4.69, 9.17) is 4.74 Å². The molecule has 1 aromatic carbocycles. The third-order valence-corrected chi connectivity index (χ3v) is 7.09. The zero-order chi connectivity index (χ0) is 30.7. The van der Waals surface area contributed by atoms with Gasteiger partial charge in [-0.1, -0.05) is 77.5 Å². The van der Waals surface area contributed by atoms with Gasteiger partial charge >= 0.3 is 6.09 Å². The molecule has 1 aromatic rings. The molecule has 0 saturated carbocycles. The third-order valence-electron chi connectivity index (χ3n) is 7.09. The van der Waals surface area contributed by atoms with Gasteiger partial charge in [0.15, 0.2) is 0 Å². The van der Waals surface area contributed by atoms with Gasteiger partial charge in [0.1, 0.15) is 17.7 Å². The molecule has 0 bridgehead atoms. The fraction of sp³-hybridized carbons (Fsp3) is 0.727. The van der Waals surface area contributed by atoms with E-state index in [2.05, 4.69) is 17.6 Å². The Kier molecular flexibility index (Phi) is 14.2. The number of carbonyl (C=O) groups is 3. The van der Waals surface area contributed by atoms with Crippen molar-refractivity contribution in [1.82, 2.24) is 15.5 Å². The van der Waals surface area contributed by atoms with Crippen molar-refractivity contribution < 1.29 is 19.1 Å². The summed E-state index contributed by atoms with van der Waals surface area (Å²) in [7, 11) is 0. The van der Waals surface area contributed by atoms with Gasteiger partial charge in [-0.25, -0.2) is 4.79 Å². The first kappa shape index (κ1) is 35.5. The number of carbonyl (C=O) groups excluding carboxylic acids is 3. The van der Waals surface area contributed by atoms with Crippen molar-refractivity contribution in [3.8, 4) is 0 Å². The maximum atomic E-state index is 14.4. The molecular formula is C33H57N3O4. The van der Waals surface area contributed by atoms with Gasteiger partial charge in [-0.15, -0.1) is 0 Å². The highest BCUT2D eigenvalue weighted by atomic mass is 16.6. The van der Waals surface area contributed by atoms with E-state index in [-0.39, 0.29) is 17.7 Å². The molecule has 0 spiro atoms. The van der Waals surface area contributed by atoms with Gasteiger partial charge in [-0.2, -0.15) is 0 Å². The average molecular weight is 560 g/mol. The van der Waals surface area contributed by atoms with Crippen molar-refractivity contribution in [2.75, 3.05) is 6.54 Å². The summed E-state index contributed by atoms with van der Waals surface area (Å²) in [6, 6.07) is 4.30. The van der Waals surface area contributed by atoms with Gasteiger partial charge in [0.05, 0.1) is 0 Å². The first-order valence-electron chi connectivity index (χ1n) is 15.2. The van der Waals surface area contributed by atoms with Crippen LogP contribution < -0.4 is 10.6 Å². The van der Waals surface area contributed by atoms with Crippen LogP contribution in [0.3, 0.4) is 0 Å². The van der Waals surface area contributed by atoms with Crippen LogP contribution >= 0.6 is 0 Å². The van der Waals surface area contributed by atoms with Crippen molar-refractivity contribution in [3.05, 3.63) is 34.9 Å². The number of nitrogens with zero attached hydrogens (tertiary/aromatic N) is 1. The van der Waals surface area contributed by atoms with E-state index in [0.29, 0.717) is 13.0 Å². The van der Waals surface area contributed by atoms with Crippen LogP contribution in [0.1, 0.15) is 130 Å². The molecule has 40 heavy (non-hydrogen) atoms. The lowest BCUT2D eigenvalue weighted by Gasteiger charge is -2.37. The van der Waals surface area contributed by atoms with E-state index in [1.54, 1.807) is 25.7 Å². The molecule has 7 nitrogen and oxygen atoms in total. The number of alkyl carbamates (subject to hydrolysis) is 1. The highest BCUT2D eigenvalue weighted by Gasteiger charge is 2.38. The number of nitrogens with one attached hydrogen (secondary N) is 2. The van der Waals surface area contributed by atoms with Gasteiger partial charge in [0.25, 0.3) is 0 Å². The summed E-state index contributed by atoms with van der Waals surface area (Å²) in [6.45, 7) is 21.8. The Balaban J connectivity index is 3.56. The van der Waals surface area contributed by atoms with E-state index in [0.717, 1.165) is 42.4 Å². The molecule has 0 aliphatic heterocycles. The van der Waals surface area contributed by atoms with Crippen LogP contribution in [0.15, 0.2) is 18.2 Å². The molecule has 2 N–H and O–H groups in total. The fourth-order valence-electron chi connectivity index (χ4n) is 4.57. The number of benzene rings is 1. The second-order valence-electron chi connectivity index (χ2n) is 13.3. The largest absolute Gasteiger partial charge is 0.444 e. The summed E-state index contributed by atoms with van der Waals surface area (Å²) in [5.41, 5.74) is 1.78. The molecule has 0 aliphatic carbocycles. The Morgan fingerprint density at radius 1 is 0.900 bits per heavy atom. The molecule has 0 radical (unpaired) electrons. The number of amides is 3. The lowest BCUT2D eigenvalue weighted by Crippen LogP contribution is -2.56. The molecule has 0 saturated heterocycles.